The van der Waals surface area contributed by atoms with Crippen molar-refractivity contribution in [1.29, 1.82) is 0 Å². The Bertz CT molecular complexity index is 1140. The number of hydrogen-bond acceptors (Lipinski definition) is 6. The highest BCUT2D eigenvalue weighted by Gasteiger charge is 2.34. The van der Waals surface area contributed by atoms with Crippen LogP contribution < -0.4 is 0 Å². The van der Waals surface area contributed by atoms with E-state index in [0.717, 1.165) is 17.3 Å². The monoisotopic (exact) mass is 421 g/mol. The normalized spacial score (nSPS) is 17.0. The summed E-state index contributed by atoms with van der Waals surface area (Å²) in [5.74, 6) is 0.0271. The molecule has 2 aromatic carbocycles. The molecule has 0 spiro atoms. The topological polar surface area (TPSA) is 78.4 Å². The van der Waals surface area contributed by atoms with E-state index in [0.29, 0.717) is 21.4 Å². The Morgan fingerprint density at radius 1 is 1.10 bits per heavy atom. The van der Waals surface area contributed by atoms with Crippen molar-refractivity contribution in [2.75, 3.05) is 0 Å². The molecule has 3 aromatic rings. The van der Waals surface area contributed by atoms with Crippen LogP contribution in [0.3, 0.4) is 0 Å². The van der Waals surface area contributed by atoms with E-state index < -0.39 is 5.82 Å². The minimum absolute atomic E-state index is 0.156. The third-order valence-corrected chi connectivity index (χ3v) is 5.21. The standard InChI is InChI=1S/C22H16FN3O3S/c23-19-6-2-1-4-16(19)12-20-21(28)26(14-18-5-3-11-29-18)22(30-20)25-24-13-15-7-9-17(27)10-8-15/h1-13,27H,14H2/b20-12-,24-13-,25-22+. The molecule has 6 nitrogen and oxygen atoms in total. The van der Waals surface area contributed by atoms with Gasteiger partial charge in [0.1, 0.15) is 17.3 Å². The molecule has 30 heavy (non-hydrogen) atoms. The van der Waals surface area contributed by atoms with Gasteiger partial charge in [0, 0.05) is 5.56 Å². The van der Waals surface area contributed by atoms with Gasteiger partial charge in [-0.05, 0) is 65.9 Å². The number of nitrogens with zero attached hydrogens (tertiary/aromatic N) is 3. The number of amidine groups is 1. The lowest BCUT2D eigenvalue weighted by Gasteiger charge is -2.12. The summed E-state index contributed by atoms with van der Waals surface area (Å²) in [5, 5.41) is 17.9. The van der Waals surface area contributed by atoms with Crippen LogP contribution in [0.15, 0.2) is 86.5 Å². The van der Waals surface area contributed by atoms with E-state index in [-0.39, 0.29) is 18.2 Å². The highest BCUT2D eigenvalue weighted by atomic mass is 32.2. The van der Waals surface area contributed by atoms with Crippen LogP contribution in [0.25, 0.3) is 6.08 Å². The molecule has 1 saturated heterocycles. The van der Waals surface area contributed by atoms with Crippen LogP contribution in [0.5, 0.6) is 5.75 Å². The third-order valence-electron chi connectivity index (χ3n) is 4.22. The van der Waals surface area contributed by atoms with Crippen LogP contribution in [0, 0.1) is 5.82 Å². The zero-order chi connectivity index (χ0) is 20.9. The van der Waals surface area contributed by atoms with Crippen molar-refractivity contribution in [3.05, 3.63) is 94.5 Å². The molecule has 150 valence electrons. The highest BCUT2D eigenvalue weighted by Crippen LogP contribution is 2.34. The number of amides is 1. The average Bonchev–Trinajstić information content (AvgIpc) is 3.35. The summed E-state index contributed by atoms with van der Waals surface area (Å²) in [6.45, 7) is 0.182. The fourth-order valence-electron chi connectivity index (χ4n) is 2.72. The smallest absolute Gasteiger partial charge is 0.267 e. The lowest BCUT2D eigenvalue weighted by Crippen LogP contribution is -2.28. The number of thioether (sulfide) groups is 1. The molecule has 1 aliphatic heterocycles. The van der Waals surface area contributed by atoms with Crippen LogP contribution in [0.4, 0.5) is 4.39 Å². The summed E-state index contributed by atoms with van der Waals surface area (Å²) in [7, 11) is 0. The van der Waals surface area contributed by atoms with Gasteiger partial charge in [0.15, 0.2) is 5.17 Å². The zero-order valence-electron chi connectivity index (χ0n) is 15.6. The number of phenols is 1. The fourth-order valence-corrected chi connectivity index (χ4v) is 3.64. The summed E-state index contributed by atoms with van der Waals surface area (Å²) in [5.41, 5.74) is 1.06. The predicted octanol–water partition coefficient (Wildman–Crippen LogP) is 4.63. The second-order valence-corrected chi connectivity index (χ2v) is 7.33. The number of carbonyl (C=O) groups is 1. The molecule has 4 rings (SSSR count). The number of benzene rings is 2. The minimum Gasteiger partial charge on any atom is -0.508 e. The van der Waals surface area contributed by atoms with Gasteiger partial charge in [0.05, 0.1) is 23.9 Å². The molecule has 1 aliphatic rings. The van der Waals surface area contributed by atoms with Gasteiger partial charge in [0.2, 0.25) is 0 Å². The van der Waals surface area contributed by atoms with Crippen LogP contribution in [-0.4, -0.2) is 27.3 Å². The first kappa shape index (κ1) is 19.7. The van der Waals surface area contributed by atoms with Crippen molar-refractivity contribution in [3.8, 4) is 5.75 Å². The number of hydrogen-bond donors (Lipinski definition) is 1. The molecule has 1 fully saturated rings. The van der Waals surface area contributed by atoms with Gasteiger partial charge >= 0.3 is 0 Å². The van der Waals surface area contributed by atoms with Crippen molar-refractivity contribution in [3.63, 3.8) is 0 Å². The van der Waals surface area contributed by atoms with Crippen molar-refractivity contribution >= 4 is 35.1 Å². The second kappa shape index (κ2) is 8.79. The Hall–Kier alpha value is -3.65. The van der Waals surface area contributed by atoms with E-state index in [1.165, 1.54) is 29.5 Å². The number of carbonyl (C=O) groups excluding carboxylic acids is 1. The van der Waals surface area contributed by atoms with Gasteiger partial charge in [-0.2, -0.15) is 5.10 Å². The molecular weight excluding hydrogens is 405 g/mol. The Labute approximate surface area is 176 Å². The summed E-state index contributed by atoms with van der Waals surface area (Å²) in [4.78, 5) is 14.7. The average molecular weight is 421 g/mol. The van der Waals surface area contributed by atoms with Gasteiger partial charge in [-0.25, -0.2) is 4.39 Å². The summed E-state index contributed by atoms with van der Waals surface area (Å²) in [6.07, 6.45) is 4.55. The molecule has 8 heteroatoms. The summed E-state index contributed by atoms with van der Waals surface area (Å²) in [6, 6.07) is 16.2. The first-order valence-electron chi connectivity index (χ1n) is 8.98. The Kier molecular flexibility index (Phi) is 5.76. The number of phenolic OH excluding ortho intramolecular Hbond substituents is 1. The van der Waals surface area contributed by atoms with Crippen molar-refractivity contribution in [2.24, 2.45) is 10.2 Å². The van der Waals surface area contributed by atoms with Gasteiger partial charge in [-0.1, -0.05) is 18.2 Å². The summed E-state index contributed by atoms with van der Waals surface area (Å²) >= 11 is 1.12. The maximum absolute atomic E-state index is 14.0. The minimum atomic E-state index is -0.410. The van der Waals surface area contributed by atoms with Crippen molar-refractivity contribution in [1.82, 2.24) is 4.90 Å². The molecule has 0 aliphatic carbocycles. The van der Waals surface area contributed by atoms with Crippen LogP contribution in [0.2, 0.25) is 0 Å². The van der Waals surface area contributed by atoms with Crippen LogP contribution in [0.1, 0.15) is 16.9 Å². The van der Waals surface area contributed by atoms with Crippen molar-refractivity contribution in [2.45, 2.75) is 6.54 Å². The Morgan fingerprint density at radius 2 is 1.90 bits per heavy atom. The van der Waals surface area contributed by atoms with Crippen LogP contribution in [-0.2, 0) is 11.3 Å². The number of rotatable bonds is 5. The maximum Gasteiger partial charge on any atom is 0.267 e. The van der Waals surface area contributed by atoms with E-state index >= 15 is 0 Å². The quantitative estimate of drug-likeness (QED) is 0.370. The van der Waals surface area contributed by atoms with E-state index in [4.69, 9.17) is 4.42 Å². The molecule has 2 heterocycles. The maximum atomic E-state index is 14.0. The highest BCUT2D eigenvalue weighted by molar-refractivity contribution is 8.18. The van der Waals surface area contributed by atoms with Gasteiger partial charge in [0.25, 0.3) is 5.91 Å². The third kappa shape index (κ3) is 4.49. The molecule has 0 atom stereocenters. The molecular formula is C22H16FN3O3S. The molecule has 0 radical (unpaired) electrons. The molecule has 1 amide bonds. The lowest BCUT2D eigenvalue weighted by atomic mass is 10.2. The molecule has 0 bridgehead atoms. The number of aromatic hydroxyl groups is 1. The van der Waals surface area contributed by atoms with E-state index in [2.05, 4.69) is 10.2 Å². The number of halogens is 1. The lowest BCUT2D eigenvalue weighted by molar-refractivity contribution is -0.122. The summed E-state index contributed by atoms with van der Waals surface area (Å²) < 4.78 is 19.4. The molecule has 0 saturated carbocycles. The number of furan rings is 1. The molecule has 1 aromatic heterocycles. The first-order chi connectivity index (χ1) is 14.6. The molecule has 0 unspecified atom stereocenters. The van der Waals surface area contributed by atoms with E-state index in [1.54, 1.807) is 54.6 Å². The largest absolute Gasteiger partial charge is 0.508 e. The fraction of sp³-hybridized carbons (Fsp3) is 0.0455. The zero-order valence-corrected chi connectivity index (χ0v) is 16.4. The predicted molar refractivity (Wildman–Crippen MR) is 114 cm³/mol. The SMILES string of the molecule is O=C1/C(=C/c2ccccc2F)S/C(=N/N=C\c2ccc(O)cc2)N1Cc1ccco1. The van der Waals surface area contributed by atoms with E-state index in [1.807, 2.05) is 0 Å². The first-order valence-corrected chi connectivity index (χ1v) is 9.80. The van der Waals surface area contributed by atoms with E-state index in [9.17, 15) is 14.3 Å². The second-order valence-electron chi connectivity index (χ2n) is 6.32. The van der Waals surface area contributed by atoms with Crippen LogP contribution >= 0.6 is 11.8 Å². The molecule has 1 N–H and O–H groups in total. The van der Waals surface area contributed by atoms with Gasteiger partial charge < -0.3 is 9.52 Å². The Balaban J connectivity index is 1.63. The van der Waals surface area contributed by atoms with Crippen molar-refractivity contribution < 1.29 is 18.7 Å². The van der Waals surface area contributed by atoms with Gasteiger partial charge in [-0.3, -0.25) is 9.69 Å². The Morgan fingerprint density at radius 3 is 2.63 bits per heavy atom. The van der Waals surface area contributed by atoms with Gasteiger partial charge in [-0.15, -0.1) is 5.10 Å².